The molecule has 2 aromatic rings. The van der Waals surface area contributed by atoms with Gasteiger partial charge < -0.3 is 25.0 Å². The van der Waals surface area contributed by atoms with Crippen LogP contribution in [0.3, 0.4) is 0 Å². The predicted molar refractivity (Wildman–Crippen MR) is 95.6 cm³/mol. The number of carbonyl (C=O) groups is 2. The number of anilines is 1. The van der Waals surface area contributed by atoms with E-state index in [1.165, 1.54) is 4.90 Å². The van der Waals surface area contributed by atoms with Gasteiger partial charge in [-0.3, -0.25) is 4.79 Å². The number of rotatable bonds is 8. The SMILES string of the molecule is COC(=O)C([NH+]=[N-])C(=O)N(CCc1ccccc1)c1ccc(OC)cc1. The number of benzene rings is 2. The first-order chi connectivity index (χ1) is 12.6. The number of nitrogens with zero attached hydrogens (tertiary/aromatic N) is 2. The number of ether oxygens (including phenoxy) is 2. The van der Waals surface area contributed by atoms with E-state index in [4.69, 9.17) is 4.74 Å². The third-order valence-corrected chi connectivity index (χ3v) is 3.93. The second-order valence-corrected chi connectivity index (χ2v) is 5.51. The Balaban J connectivity index is 2.28. The fourth-order valence-corrected chi connectivity index (χ4v) is 2.50. The summed E-state index contributed by atoms with van der Waals surface area (Å²) in [7, 11) is 2.71. The number of amides is 1. The van der Waals surface area contributed by atoms with Gasteiger partial charge in [0, 0.05) is 12.2 Å². The van der Waals surface area contributed by atoms with Crippen molar-refractivity contribution in [1.82, 2.24) is 0 Å². The van der Waals surface area contributed by atoms with E-state index < -0.39 is 17.9 Å². The number of hydrogen-bond donors (Lipinski definition) is 1. The van der Waals surface area contributed by atoms with Gasteiger partial charge in [0.2, 0.25) is 0 Å². The maximum absolute atomic E-state index is 12.8. The van der Waals surface area contributed by atoms with Crippen LogP contribution in [-0.4, -0.2) is 38.7 Å². The van der Waals surface area contributed by atoms with Crippen LogP contribution in [-0.2, 0) is 20.7 Å². The highest BCUT2D eigenvalue weighted by atomic mass is 16.5. The van der Waals surface area contributed by atoms with E-state index in [0.29, 0.717) is 24.4 Å². The highest BCUT2D eigenvalue weighted by Crippen LogP contribution is 2.20. The third kappa shape index (κ3) is 4.66. The van der Waals surface area contributed by atoms with Crippen molar-refractivity contribution in [3.8, 4) is 5.75 Å². The van der Waals surface area contributed by atoms with Crippen molar-refractivity contribution in [2.45, 2.75) is 12.5 Å². The molecular formula is C19H21N3O4. The summed E-state index contributed by atoms with van der Waals surface area (Å²) in [6.07, 6.45) is 0.581. The molecule has 1 N–H and O–H groups in total. The van der Waals surface area contributed by atoms with Gasteiger partial charge in [0.15, 0.2) is 0 Å². The van der Waals surface area contributed by atoms with Crippen LogP contribution < -0.4 is 14.8 Å². The average Bonchev–Trinajstić information content (AvgIpc) is 2.69. The van der Waals surface area contributed by atoms with Gasteiger partial charge in [-0.15, -0.1) is 0 Å². The Morgan fingerprint density at radius 1 is 1.08 bits per heavy atom. The predicted octanol–water partition coefficient (Wildman–Crippen LogP) is 0.915. The van der Waals surface area contributed by atoms with E-state index in [-0.39, 0.29) is 0 Å². The smallest absolute Gasteiger partial charge is 0.384 e. The molecule has 0 bridgehead atoms. The number of methoxy groups -OCH3 is 2. The average molecular weight is 355 g/mol. The van der Waals surface area contributed by atoms with E-state index in [9.17, 15) is 15.1 Å². The lowest BCUT2D eigenvalue weighted by Gasteiger charge is -2.24. The van der Waals surface area contributed by atoms with Crippen molar-refractivity contribution in [2.24, 2.45) is 0 Å². The van der Waals surface area contributed by atoms with Gasteiger partial charge in [0.05, 0.1) is 14.2 Å². The fraction of sp³-hybridized carbons (Fsp3) is 0.263. The van der Waals surface area contributed by atoms with E-state index in [1.54, 1.807) is 36.5 Å². The second kappa shape index (κ2) is 9.31. The van der Waals surface area contributed by atoms with Gasteiger partial charge >= 0.3 is 17.9 Å². The molecule has 7 heteroatoms. The first kappa shape index (κ1) is 19.1. The van der Waals surface area contributed by atoms with Crippen molar-refractivity contribution in [3.63, 3.8) is 0 Å². The van der Waals surface area contributed by atoms with Crippen LogP contribution in [0.2, 0.25) is 0 Å². The number of esters is 1. The largest absolute Gasteiger partial charge is 0.507 e. The molecule has 0 radical (unpaired) electrons. The molecule has 1 atom stereocenters. The van der Waals surface area contributed by atoms with Crippen molar-refractivity contribution >= 4 is 17.6 Å². The summed E-state index contributed by atoms with van der Waals surface area (Å²) in [5.74, 6) is -0.829. The summed E-state index contributed by atoms with van der Waals surface area (Å²) in [5.41, 5.74) is 10.9. The van der Waals surface area contributed by atoms with E-state index in [2.05, 4.69) is 4.74 Å². The molecular weight excluding hydrogens is 334 g/mol. The molecule has 0 aliphatic carbocycles. The van der Waals surface area contributed by atoms with Gasteiger partial charge in [0.1, 0.15) is 5.75 Å². The Hall–Kier alpha value is -3.22. The molecule has 0 spiro atoms. The minimum Gasteiger partial charge on any atom is -0.507 e. The van der Waals surface area contributed by atoms with Gasteiger partial charge in [-0.1, -0.05) is 30.3 Å². The molecule has 0 aliphatic heterocycles. The topological polar surface area (TPSA) is 92.1 Å². The molecule has 0 heterocycles. The molecule has 2 rings (SSSR count). The zero-order valence-electron chi connectivity index (χ0n) is 14.7. The van der Waals surface area contributed by atoms with Gasteiger partial charge in [0.25, 0.3) is 0 Å². The van der Waals surface area contributed by atoms with Crippen LogP contribution >= 0.6 is 0 Å². The molecule has 26 heavy (non-hydrogen) atoms. The summed E-state index contributed by atoms with van der Waals surface area (Å²) in [5, 5.41) is 1.73. The van der Waals surface area contributed by atoms with E-state index in [0.717, 1.165) is 12.7 Å². The van der Waals surface area contributed by atoms with Crippen molar-refractivity contribution in [3.05, 3.63) is 65.7 Å². The van der Waals surface area contributed by atoms with Crippen molar-refractivity contribution in [2.75, 3.05) is 25.7 Å². The Labute approximate surface area is 152 Å². The first-order valence-electron chi connectivity index (χ1n) is 8.07. The molecule has 136 valence electrons. The quantitative estimate of drug-likeness (QED) is 0.433. The molecule has 0 saturated carbocycles. The molecule has 0 aromatic heterocycles. The molecule has 0 fully saturated rings. The van der Waals surface area contributed by atoms with Gasteiger partial charge in [-0.05, 0) is 36.2 Å². The van der Waals surface area contributed by atoms with Crippen LogP contribution in [0, 0.1) is 0 Å². The Morgan fingerprint density at radius 3 is 2.27 bits per heavy atom. The number of hydrogen-bond acceptors (Lipinski definition) is 4. The monoisotopic (exact) mass is 355 g/mol. The summed E-state index contributed by atoms with van der Waals surface area (Å²) < 4.78 is 9.71. The van der Waals surface area contributed by atoms with E-state index >= 15 is 0 Å². The lowest BCUT2D eigenvalue weighted by atomic mass is 10.1. The summed E-state index contributed by atoms with van der Waals surface area (Å²) in [4.78, 5) is 26.0. The zero-order chi connectivity index (χ0) is 18.9. The minimum atomic E-state index is -1.50. The number of carbonyl (C=O) groups excluding carboxylic acids is 2. The van der Waals surface area contributed by atoms with Crippen molar-refractivity contribution < 1.29 is 24.2 Å². The Kier molecular flexibility index (Phi) is 6.84. The standard InChI is InChI=1S/C19H21N3O4/c1-25-16-10-8-15(9-11-16)22(13-12-14-6-4-3-5-7-14)18(23)17(21-20)19(24)26-2/h3-11,17,21H,12-13H2,1-2H3. The Morgan fingerprint density at radius 2 is 1.73 bits per heavy atom. The maximum atomic E-state index is 12.8. The van der Waals surface area contributed by atoms with Crippen LogP contribution in [0.15, 0.2) is 54.6 Å². The molecule has 7 nitrogen and oxygen atoms in total. The molecule has 2 aromatic carbocycles. The third-order valence-electron chi connectivity index (χ3n) is 3.93. The van der Waals surface area contributed by atoms with Crippen LogP contribution in [0.4, 0.5) is 5.69 Å². The number of nitrogens with one attached hydrogen (secondary N) is 1. The van der Waals surface area contributed by atoms with Crippen molar-refractivity contribution in [1.29, 1.82) is 0 Å². The highest BCUT2D eigenvalue weighted by Gasteiger charge is 2.35. The minimum absolute atomic E-state index is 0.324. The van der Waals surface area contributed by atoms with Gasteiger partial charge in [-0.25, -0.2) is 4.79 Å². The normalized spacial score (nSPS) is 11.3. The second-order valence-electron chi connectivity index (χ2n) is 5.51. The van der Waals surface area contributed by atoms with Gasteiger partial charge in [-0.2, -0.15) is 0 Å². The first-order valence-corrected chi connectivity index (χ1v) is 8.07. The lowest BCUT2D eigenvalue weighted by molar-refractivity contribution is -0.497. The Bertz CT molecular complexity index is 747. The maximum Gasteiger partial charge on any atom is 0.384 e. The summed E-state index contributed by atoms with van der Waals surface area (Å²) in [6, 6.07) is 15.0. The summed E-state index contributed by atoms with van der Waals surface area (Å²) >= 11 is 0. The van der Waals surface area contributed by atoms with Crippen LogP contribution in [0.25, 0.3) is 5.53 Å². The van der Waals surface area contributed by atoms with Crippen LogP contribution in [0.5, 0.6) is 5.75 Å². The zero-order valence-corrected chi connectivity index (χ0v) is 14.7. The highest BCUT2D eigenvalue weighted by molar-refractivity contribution is 6.08. The molecule has 0 aliphatic rings. The van der Waals surface area contributed by atoms with Crippen LogP contribution in [0.1, 0.15) is 5.56 Å². The molecule has 1 unspecified atom stereocenters. The summed E-state index contributed by atoms with van der Waals surface area (Å²) in [6.45, 7) is 0.324. The van der Waals surface area contributed by atoms with E-state index in [1.807, 2.05) is 30.3 Å². The molecule has 0 saturated heterocycles. The lowest BCUT2D eigenvalue weighted by Crippen LogP contribution is -2.79. The molecule has 1 amide bonds. The fourth-order valence-electron chi connectivity index (χ4n) is 2.50.